The van der Waals surface area contributed by atoms with E-state index in [0.717, 1.165) is 28.2 Å². The summed E-state index contributed by atoms with van der Waals surface area (Å²) < 4.78 is 7.67. The third-order valence-electron chi connectivity index (χ3n) is 3.73. The molecular weight excluding hydrogens is 262 g/mol. The van der Waals surface area contributed by atoms with Gasteiger partial charge in [-0.05, 0) is 31.2 Å². The molecule has 3 aromatic rings. The minimum absolute atomic E-state index is 0.164. The second-order valence-corrected chi connectivity index (χ2v) is 5.08. The van der Waals surface area contributed by atoms with E-state index in [0.29, 0.717) is 6.54 Å². The van der Waals surface area contributed by atoms with Crippen molar-refractivity contribution in [3.05, 3.63) is 48.5 Å². The number of nitrogens with zero attached hydrogens (tertiary/aromatic N) is 2. The fourth-order valence-electron chi connectivity index (χ4n) is 2.62. The first-order valence-corrected chi connectivity index (χ1v) is 7.06. The third kappa shape index (κ3) is 2.28. The normalized spacial score (nSPS) is 12.5. The van der Waals surface area contributed by atoms with Crippen molar-refractivity contribution in [3.63, 3.8) is 0 Å². The maximum Gasteiger partial charge on any atom is 0.145 e. The number of hydrogen-bond acceptors (Lipinski definition) is 3. The average molecular weight is 281 g/mol. The van der Waals surface area contributed by atoms with Crippen LogP contribution in [0.2, 0.25) is 0 Å². The highest BCUT2D eigenvalue weighted by molar-refractivity contribution is 5.82. The lowest BCUT2D eigenvalue weighted by atomic mass is 10.1. The standard InChI is InChI=1S/C17H19N3O/c1-12(11-18)20-15-9-5-4-8-14(15)19-17(20)13-7-3-6-10-16(13)21-2/h3-10,12H,11,18H2,1-2H3. The van der Waals surface area contributed by atoms with Gasteiger partial charge in [0.1, 0.15) is 11.6 Å². The van der Waals surface area contributed by atoms with E-state index in [1.807, 2.05) is 42.5 Å². The second-order valence-electron chi connectivity index (χ2n) is 5.08. The summed E-state index contributed by atoms with van der Waals surface area (Å²) in [5.41, 5.74) is 8.94. The molecule has 2 aromatic carbocycles. The van der Waals surface area contributed by atoms with Crippen molar-refractivity contribution in [1.29, 1.82) is 0 Å². The van der Waals surface area contributed by atoms with E-state index in [1.165, 1.54) is 0 Å². The van der Waals surface area contributed by atoms with Gasteiger partial charge in [-0.1, -0.05) is 24.3 Å². The molecule has 1 heterocycles. The van der Waals surface area contributed by atoms with E-state index in [1.54, 1.807) is 7.11 Å². The quantitative estimate of drug-likeness (QED) is 0.798. The van der Waals surface area contributed by atoms with Crippen molar-refractivity contribution >= 4 is 11.0 Å². The molecule has 4 nitrogen and oxygen atoms in total. The van der Waals surface area contributed by atoms with Gasteiger partial charge >= 0.3 is 0 Å². The van der Waals surface area contributed by atoms with Crippen LogP contribution in [0.4, 0.5) is 0 Å². The van der Waals surface area contributed by atoms with Gasteiger partial charge < -0.3 is 15.0 Å². The molecule has 0 saturated carbocycles. The summed E-state index contributed by atoms with van der Waals surface area (Å²) in [6, 6.07) is 16.2. The Balaban J connectivity index is 2.31. The Morgan fingerprint density at radius 3 is 2.62 bits per heavy atom. The van der Waals surface area contributed by atoms with Crippen molar-refractivity contribution in [3.8, 4) is 17.1 Å². The first-order chi connectivity index (χ1) is 10.3. The number of ether oxygens (including phenoxy) is 1. The fraction of sp³-hybridized carbons (Fsp3) is 0.235. The maximum atomic E-state index is 5.89. The van der Waals surface area contributed by atoms with Gasteiger partial charge in [0.15, 0.2) is 0 Å². The molecule has 0 aliphatic rings. The Bertz CT molecular complexity index is 764. The van der Waals surface area contributed by atoms with Gasteiger partial charge in [-0.2, -0.15) is 0 Å². The zero-order valence-corrected chi connectivity index (χ0v) is 12.3. The first kappa shape index (κ1) is 13.6. The van der Waals surface area contributed by atoms with Crippen LogP contribution in [0.25, 0.3) is 22.4 Å². The van der Waals surface area contributed by atoms with E-state index in [-0.39, 0.29) is 6.04 Å². The number of imidazole rings is 1. The lowest BCUT2D eigenvalue weighted by molar-refractivity contribution is 0.415. The molecule has 0 spiro atoms. The molecule has 0 saturated heterocycles. The van der Waals surface area contributed by atoms with Crippen LogP contribution in [-0.4, -0.2) is 23.2 Å². The summed E-state index contributed by atoms with van der Waals surface area (Å²) in [7, 11) is 1.68. The third-order valence-corrected chi connectivity index (χ3v) is 3.73. The minimum atomic E-state index is 0.164. The molecule has 0 aliphatic carbocycles. The molecule has 0 amide bonds. The van der Waals surface area contributed by atoms with Crippen LogP contribution in [0, 0.1) is 0 Å². The molecule has 4 heteroatoms. The Kier molecular flexibility index (Phi) is 3.62. The summed E-state index contributed by atoms with van der Waals surface area (Å²) in [5.74, 6) is 1.71. The highest BCUT2D eigenvalue weighted by Gasteiger charge is 2.18. The van der Waals surface area contributed by atoms with Crippen LogP contribution in [0.1, 0.15) is 13.0 Å². The summed E-state index contributed by atoms with van der Waals surface area (Å²) in [4.78, 5) is 4.79. The molecule has 0 aliphatic heterocycles. The van der Waals surface area contributed by atoms with Crippen LogP contribution in [-0.2, 0) is 0 Å². The van der Waals surface area contributed by atoms with Gasteiger partial charge in [-0.25, -0.2) is 4.98 Å². The van der Waals surface area contributed by atoms with Gasteiger partial charge in [-0.15, -0.1) is 0 Å². The largest absolute Gasteiger partial charge is 0.496 e. The summed E-state index contributed by atoms with van der Waals surface area (Å²) in [5, 5.41) is 0. The highest BCUT2D eigenvalue weighted by atomic mass is 16.5. The molecule has 108 valence electrons. The number of aromatic nitrogens is 2. The molecule has 0 radical (unpaired) electrons. The van der Waals surface area contributed by atoms with Gasteiger partial charge in [0, 0.05) is 12.6 Å². The van der Waals surface area contributed by atoms with E-state index < -0.39 is 0 Å². The number of para-hydroxylation sites is 3. The predicted octanol–water partition coefficient (Wildman–Crippen LogP) is 3.23. The number of nitrogens with two attached hydrogens (primary N) is 1. The van der Waals surface area contributed by atoms with Gasteiger partial charge in [0.25, 0.3) is 0 Å². The Morgan fingerprint density at radius 2 is 1.86 bits per heavy atom. The Hall–Kier alpha value is -2.33. The summed E-state index contributed by atoms with van der Waals surface area (Å²) in [6.07, 6.45) is 0. The average Bonchev–Trinajstić information content (AvgIpc) is 2.93. The van der Waals surface area contributed by atoms with Gasteiger partial charge in [0.05, 0.1) is 23.7 Å². The second kappa shape index (κ2) is 5.58. The number of rotatable bonds is 4. The van der Waals surface area contributed by atoms with E-state index in [9.17, 15) is 0 Å². The highest BCUT2D eigenvalue weighted by Crippen LogP contribution is 2.33. The number of fused-ring (bicyclic) bond motifs is 1. The van der Waals surface area contributed by atoms with Crippen molar-refractivity contribution in [2.75, 3.05) is 13.7 Å². The van der Waals surface area contributed by atoms with E-state index >= 15 is 0 Å². The number of hydrogen-bond donors (Lipinski definition) is 1. The number of methoxy groups -OCH3 is 1. The molecule has 1 aromatic heterocycles. The zero-order chi connectivity index (χ0) is 14.8. The Morgan fingerprint density at radius 1 is 1.14 bits per heavy atom. The SMILES string of the molecule is COc1ccccc1-c1nc2ccccc2n1C(C)CN. The summed E-state index contributed by atoms with van der Waals surface area (Å²) in [6.45, 7) is 2.66. The molecule has 3 rings (SSSR count). The van der Waals surface area contributed by atoms with Crippen molar-refractivity contribution in [2.24, 2.45) is 5.73 Å². The zero-order valence-electron chi connectivity index (χ0n) is 12.3. The van der Waals surface area contributed by atoms with Gasteiger partial charge in [0.2, 0.25) is 0 Å². The first-order valence-electron chi connectivity index (χ1n) is 7.06. The Labute approximate surface area is 124 Å². The van der Waals surface area contributed by atoms with Crippen LogP contribution in [0.15, 0.2) is 48.5 Å². The van der Waals surface area contributed by atoms with E-state index in [4.69, 9.17) is 15.5 Å². The lowest BCUT2D eigenvalue weighted by Crippen LogP contribution is -2.17. The van der Waals surface area contributed by atoms with Crippen molar-refractivity contribution in [2.45, 2.75) is 13.0 Å². The molecular formula is C17H19N3O. The monoisotopic (exact) mass is 281 g/mol. The maximum absolute atomic E-state index is 5.89. The van der Waals surface area contributed by atoms with Crippen LogP contribution in [0.5, 0.6) is 5.75 Å². The molecule has 1 unspecified atom stereocenters. The molecule has 0 fully saturated rings. The molecule has 1 atom stereocenters. The fourth-order valence-corrected chi connectivity index (χ4v) is 2.62. The smallest absolute Gasteiger partial charge is 0.145 e. The summed E-state index contributed by atoms with van der Waals surface area (Å²) >= 11 is 0. The van der Waals surface area contributed by atoms with Crippen LogP contribution >= 0.6 is 0 Å². The van der Waals surface area contributed by atoms with Gasteiger partial charge in [-0.3, -0.25) is 0 Å². The van der Waals surface area contributed by atoms with E-state index in [2.05, 4.69) is 17.6 Å². The molecule has 21 heavy (non-hydrogen) atoms. The lowest BCUT2D eigenvalue weighted by Gasteiger charge is -2.17. The van der Waals surface area contributed by atoms with Crippen molar-refractivity contribution < 1.29 is 4.74 Å². The van der Waals surface area contributed by atoms with Crippen LogP contribution < -0.4 is 10.5 Å². The molecule has 0 bridgehead atoms. The predicted molar refractivity (Wildman–Crippen MR) is 85.5 cm³/mol. The number of benzene rings is 2. The van der Waals surface area contributed by atoms with Crippen molar-refractivity contribution in [1.82, 2.24) is 9.55 Å². The minimum Gasteiger partial charge on any atom is -0.496 e. The molecule has 2 N–H and O–H groups in total. The topological polar surface area (TPSA) is 53.1 Å². The van der Waals surface area contributed by atoms with Crippen LogP contribution in [0.3, 0.4) is 0 Å².